The number of nitrogens with zero attached hydrogens (tertiary/aromatic N) is 4. The van der Waals surface area contributed by atoms with Crippen molar-refractivity contribution >= 4 is 36.0 Å². The number of guanidine groups is 1. The lowest BCUT2D eigenvalue weighted by atomic mass is 10.1. The number of carbonyl (C=O) groups excluding carboxylic acids is 1. The first-order valence-corrected chi connectivity index (χ1v) is 9.99. The van der Waals surface area contributed by atoms with E-state index in [0.29, 0.717) is 12.6 Å². The summed E-state index contributed by atoms with van der Waals surface area (Å²) < 4.78 is 5.07. The molecule has 2 saturated heterocycles. The van der Waals surface area contributed by atoms with Gasteiger partial charge in [0.2, 0.25) is 0 Å². The molecular weight excluding hydrogens is 459 g/mol. The number of rotatable bonds is 6. The number of halogens is 1. The molecule has 2 fully saturated rings. The molecule has 0 atom stereocenters. The zero-order chi connectivity index (χ0) is 18.8. The lowest BCUT2D eigenvalue weighted by molar-refractivity contribution is 0.0963. The fourth-order valence-corrected chi connectivity index (χ4v) is 3.47. The molecule has 0 saturated carbocycles. The molecule has 158 valence electrons. The molecule has 0 aromatic rings. The summed E-state index contributed by atoms with van der Waals surface area (Å²) in [7, 11) is 1.81. The number of ether oxygens (including phenoxy) is 1. The van der Waals surface area contributed by atoms with Gasteiger partial charge < -0.3 is 25.2 Å². The molecule has 0 spiro atoms. The van der Waals surface area contributed by atoms with Gasteiger partial charge in [-0.3, -0.25) is 9.89 Å². The maximum Gasteiger partial charge on any atom is 0.409 e. The van der Waals surface area contributed by atoms with E-state index in [2.05, 4.69) is 32.3 Å². The van der Waals surface area contributed by atoms with Gasteiger partial charge in [0.15, 0.2) is 5.96 Å². The van der Waals surface area contributed by atoms with E-state index in [1.807, 2.05) is 14.0 Å². The van der Waals surface area contributed by atoms with Crippen molar-refractivity contribution in [3.63, 3.8) is 0 Å². The van der Waals surface area contributed by atoms with Gasteiger partial charge in [0, 0.05) is 65.4 Å². The zero-order valence-electron chi connectivity index (χ0n) is 17.1. The van der Waals surface area contributed by atoms with Crippen molar-refractivity contribution < 1.29 is 9.53 Å². The van der Waals surface area contributed by atoms with Gasteiger partial charge in [-0.1, -0.05) is 6.92 Å². The first kappa shape index (κ1) is 24.2. The number of amides is 1. The van der Waals surface area contributed by atoms with E-state index in [0.717, 1.165) is 64.6 Å². The Morgan fingerprint density at radius 2 is 1.70 bits per heavy atom. The number of likely N-dealkylation sites (N-methyl/N-ethyl adjacent to an activating group) is 1. The van der Waals surface area contributed by atoms with Crippen molar-refractivity contribution in [2.45, 2.75) is 32.7 Å². The van der Waals surface area contributed by atoms with Crippen molar-refractivity contribution in [3.05, 3.63) is 0 Å². The number of carbonyl (C=O) groups is 1. The van der Waals surface area contributed by atoms with E-state index in [9.17, 15) is 4.79 Å². The number of likely N-dealkylation sites (tertiary alicyclic amines) is 1. The van der Waals surface area contributed by atoms with Crippen LogP contribution in [0.1, 0.15) is 26.7 Å². The van der Waals surface area contributed by atoms with Gasteiger partial charge in [-0.2, -0.15) is 0 Å². The van der Waals surface area contributed by atoms with Crippen LogP contribution in [0.4, 0.5) is 4.79 Å². The summed E-state index contributed by atoms with van der Waals surface area (Å²) in [6, 6.07) is 0.347. The molecule has 0 radical (unpaired) electrons. The minimum absolute atomic E-state index is 0. The monoisotopic (exact) mass is 496 g/mol. The van der Waals surface area contributed by atoms with E-state index >= 15 is 0 Å². The Morgan fingerprint density at radius 3 is 2.26 bits per heavy atom. The molecule has 2 N–H and O–H groups in total. The number of aliphatic imine (C=N–C) groups is 1. The number of hydrogen-bond acceptors (Lipinski definition) is 5. The third-order valence-corrected chi connectivity index (χ3v) is 5.22. The highest BCUT2D eigenvalue weighted by atomic mass is 127. The van der Waals surface area contributed by atoms with Crippen molar-refractivity contribution in [2.75, 3.05) is 72.6 Å². The predicted molar refractivity (Wildman–Crippen MR) is 120 cm³/mol. The van der Waals surface area contributed by atoms with E-state index in [4.69, 9.17) is 4.74 Å². The summed E-state index contributed by atoms with van der Waals surface area (Å²) >= 11 is 0. The Bertz CT molecular complexity index is 449. The average molecular weight is 496 g/mol. The Hall–Kier alpha value is -0.810. The van der Waals surface area contributed by atoms with Crippen molar-refractivity contribution in [1.82, 2.24) is 25.3 Å². The molecule has 2 aliphatic heterocycles. The Kier molecular flexibility index (Phi) is 12.0. The van der Waals surface area contributed by atoms with E-state index < -0.39 is 0 Å². The van der Waals surface area contributed by atoms with Crippen LogP contribution < -0.4 is 10.6 Å². The highest BCUT2D eigenvalue weighted by Gasteiger charge is 2.24. The standard InChI is InChI=1S/C18H36N6O2.HI/c1-4-22-12-14-23(15-13-22)11-8-20-17(19-3)21-16-6-9-24(10-7-16)18(25)26-5-2;/h16H,4-15H2,1-3H3,(H2,19,20,21);1H. The van der Waals surface area contributed by atoms with Crippen molar-refractivity contribution in [2.24, 2.45) is 4.99 Å². The van der Waals surface area contributed by atoms with Crippen LogP contribution in [0.5, 0.6) is 0 Å². The van der Waals surface area contributed by atoms with E-state index in [1.54, 1.807) is 4.90 Å². The van der Waals surface area contributed by atoms with Crippen LogP contribution in [-0.4, -0.2) is 105 Å². The smallest absolute Gasteiger partial charge is 0.409 e. The van der Waals surface area contributed by atoms with Crippen LogP contribution in [0.25, 0.3) is 0 Å². The van der Waals surface area contributed by atoms with Crippen LogP contribution in [0.3, 0.4) is 0 Å². The second-order valence-corrected chi connectivity index (χ2v) is 6.88. The number of piperidine rings is 1. The highest BCUT2D eigenvalue weighted by molar-refractivity contribution is 14.0. The first-order valence-electron chi connectivity index (χ1n) is 9.99. The summed E-state index contributed by atoms with van der Waals surface area (Å²) in [5.41, 5.74) is 0. The van der Waals surface area contributed by atoms with Gasteiger partial charge in [-0.25, -0.2) is 4.79 Å². The number of piperazine rings is 1. The maximum absolute atomic E-state index is 11.8. The molecule has 27 heavy (non-hydrogen) atoms. The Morgan fingerprint density at radius 1 is 1.07 bits per heavy atom. The van der Waals surface area contributed by atoms with E-state index in [-0.39, 0.29) is 30.1 Å². The topological polar surface area (TPSA) is 72.4 Å². The molecule has 0 unspecified atom stereocenters. The first-order chi connectivity index (χ1) is 12.7. The quantitative estimate of drug-likeness (QED) is 0.325. The van der Waals surface area contributed by atoms with Gasteiger partial charge in [-0.15, -0.1) is 24.0 Å². The lowest BCUT2D eigenvalue weighted by Crippen LogP contribution is -2.52. The number of nitrogens with one attached hydrogen (secondary N) is 2. The minimum Gasteiger partial charge on any atom is -0.450 e. The van der Waals surface area contributed by atoms with Crippen molar-refractivity contribution in [3.8, 4) is 0 Å². The molecule has 0 aromatic heterocycles. The van der Waals surface area contributed by atoms with Gasteiger partial charge in [0.1, 0.15) is 0 Å². The molecule has 2 heterocycles. The molecule has 0 aliphatic carbocycles. The van der Waals surface area contributed by atoms with Crippen LogP contribution in [0.2, 0.25) is 0 Å². The second-order valence-electron chi connectivity index (χ2n) is 6.88. The fraction of sp³-hybridized carbons (Fsp3) is 0.889. The molecule has 9 heteroatoms. The van der Waals surface area contributed by atoms with Gasteiger partial charge in [-0.05, 0) is 26.3 Å². The summed E-state index contributed by atoms with van der Waals surface area (Å²) in [6.07, 6.45) is 1.63. The second kappa shape index (κ2) is 13.4. The van der Waals surface area contributed by atoms with Gasteiger partial charge >= 0.3 is 6.09 Å². The van der Waals surface area contributed by atoms with Gasteiger partial charge in [0.05, 0.1) is 6.61 Å². The lowest BCUT2D eigenvalue weighted by Gasteiger charge is -2.34. The summed E-state index contributed by atoms with van der Waals surface area (Å²) in [6.45, 7) is 13.7. The zero-order valence-corrected chi connectivity index (χ0v) is 19.4. The minimum atomic E-state index is -0.198. The van der Waals surface area contributed by atoms with E-state index in [1.165, 1.54) is 13.1 Å². The molecule has 2 rings (SSSR count). The Labute approximate surface area is 181 Å². The molecule has 8 nitrogen and oxygen atoms in total. The van der Waals surface area contributed by atoms with Gasteiger partial charge in [0.25, 0.3) is 0 Å². The summed E-state index contributed by atoms with van der Waals surface area (Å²) in [4.78, 5) is 22.9. The third kappa shape index (κ3) is 8.39. The van der Waals surface area contributed by atoms with Crippen LogP contribution >= 0.6 is 24.0 Å². The highest BCUT2D eigenvalue weighted by Crippen LogP contribution is 2.11. The normalized spacial score (nSPS) is 20.1. The molecule has 0 aromatic carbocycles. The summed E-state index contributed by atoms with van der Waals surface area (Å²) in [5, 5.41) is 6.91. The molecule has 0 bridgehead atoms. The fourth-order valence-electron chi connectivity index (χ4n) is 3.47. The summed E-state index contributed by atoms with van der Waals surface area (Å²) in [5.74, 6) is 0.853. The SMILES string of the molecule is CCOC(=O)N1CCC(NC(=NC)NCCN2CCN(CC)CC2)CC1.I. The van der Waals surface area contributed by atoms with Crippen molar-refractivity contribution in [1.29, 1.82) is 0 Å². The third-order valence-electron chi connectivity index (χ3n) is 5.22. The molecular formula is C18H37IN6O2. The molecule has 1 amide bonds. The van der Waals surface area contributed by atoms with Crippen LogP contribution in [-0.2, 0) is 4.74 Å². The average Bonchev–Trinajstić information content (AvgIpc) is 2.68. The predicted octanol–water partition coefficient (Wildman–Crippen LogP) is 1.03. The largest absolute Gasteiger partial charge is 0.450 e. The number of hydrogen-bond donors (Lipinski definition) is 2. The van der Waals surface area contributed by atoms with Crippen LogP contribution in [0, 0.1) is 0 Å². The Balaban J connectivity index is 0.00000364. The molecule has 2 aliphatic rings. The maximum atomic E-state index is 11.8. The van der Waals surface area contributed by atoms with Crippen LogP contribution in [0.15, 0.2) is 4.99 Å².